The first-order valence-electron chi connectivity index (χ1n) is 11.6. The summed E-state index contributed by atoms with van der Waals surface area (Å²) in [6.45, 7) is 2.17. The largest absolute Gasteiger partial charge is 0.497 e. The first-order valence-corrected chi connectivity index (χ1v) is 11.6. The minimum absolute atomic E-state index is 0.000821. The SMILES string of the molecule is COc1ccc(C2Cc3c(C)ccc4c3c2c(-c2ccccc2)n4C(=O)c2ccccc2)cc1. The molecule has 1 atom stereocenters. The Morgan fingerprint density at radius 1 is 0.853 bits per heavy atom. The number of carbonyl (C=O) groups excluding carboxylic acids is 1. The lowest BCUT2D eigenvalue weighted by molar-refractivity contribution is 0.0966. The summed E-state index contributed by atoms with van der Waals surface area (Å²) < 4.78 is 7.34. The maximum absolute atomic E-state index is 14.0. The first kappa shape index (κ1) is 20.5. The van der Waals surface area contributed by atoms with Gasteiger partial charge in [0, 0.05) is 16.9 Å². The van der Waals surface area contributed by atoms with Gasteiger partial charge in [-0.3, -0.25) is 9.36 Å². The molecule has 1 aromatic heterocycles. The summed E-state index contributed by atoms with van der Waals surface area (Å²) >= 11 is 0. The molecule has 34 heavy (non-hydrogen) atoms. The van der Waals surface area contributed by atoms with Gasteiger partial charge in [0.2, 0.25) is 0 Å². The Labute approximate surface area is 199 Å². The summed E-state index contributed by atoms with van der Waals surface area (Å²) in [5, 5.41) is 1.23. The van der Waals surface area contributed by atoms with Gasteiger partial charge >= 0.3 is 0 Å². The van der Waals surface area contributed by atoms with Crippen LogP contribution in [0.2, 0.25) is 0 Å². The Kier molecular flexibility index (Phi) is 4.84. The smallest absolute Gasteiger partial charge is 0.262 e. The molecule has 1 unspecified atom stereocenters. The third-order valence-corrected chi connectivity index (χ3v) is 7.06. The fraction of sp³-hybridized carbons (Fsp3) is 0.129. The number of nitrogens with zero attached hydrogens (tertiary/aromatic N) is 1. The molecule has 4 aromatic carbocycles. The number of methoxy groups -OCH3 is 1. The van der Waals surface area contributed by atoms with Gasteiger partial charge in [-0.2, -0.15) is 0 Å². The van der Waals surface area contributed by atoms with Gasteiger partial charge in [-0.25, -0.2) is 0 Å². The lowest BCUT2D eigenvalue weighted by atomic mass is 9.90. The average Bonchev–Trinajstić information content (AvgIpc) is 3.45. The van der Waals surface area contributed by atoms with E-state index in [2.05, 4.69) is 43.3 Å². The Morgan fingerprint density at radius 2 is 1.53 bits per heavy atom. The Hall–Kier alpha value is -4.11. The summed E-state index contributed by atoms with van der Waals surface area (Å²) in [5.74, 6) is 1.02. The number of aryl methyl sites for hydroxylation is 1. The molecule has 3 nitrogen and oxygen atoms in total. The lowest BCUT2D eigenvalue weighted by Gasteiger charge is -2.18. The fourth-order valence-electron chi connectivity index (χ4n) is 5.42. The monoisotopic (exact) mass is 443 g/mol. The van der Waals surface area contributed by atoms with Gasteiger partial charge in [0.15, 0.2) is 0 Å². The molecule has 6 rings (SSSR count). The maximum atomic E-state index is 14.0. The molecule has 0 radical (unpaired) electrons. The van der Waals surface area contributed by atoms with E-state index in [1.54, 1.807) is 7.11 Å². The topological polar surface area (TPSA) is 31.2 Å². The lowest BCUT2D eigenvalue weighted by Crippen LogP contribution is -2.15. The molecule has 0 aliphatic heterocycles. The third kappa shape index (κ3) is 3.08. The van der Waals surface area contributed by atoms with Crippen molar-refractivity contribution >= 4 is 16.8 Å². The minimum atomic E-state index is 0.000821. The van der Waals surface area contributed by atoms with E-state index in [4.69, 9.17) is 4.74 Å². The van der Waals surface area contributed by atoms with Crippen molar-refractivity contribution in [1.82, 2.24) is 4.57 Å². The maximum Gasteiger partial charge on any atom is 0.262 e. The van der Waals surface area contributed by atoms with E-state index in [0.717, 1.165) is 28.9 Å². The molecule has 0 saturated carbocycles. The highest BCUT2D eigenvalue weighted by molar-refractivity contribution is 6.09. The molecular formula is C31H25NO2. The van der Waals surface area contributed by atoms with Crippen molar-refractivity contribution in [2.45, 2.75) is 19.3 Å². The highest BCUT2D eigenvalue weighted by Crippen LogP contribution is 2.50. The molecule has 0 bridgehead atoms. The zero-order valence-electron chi connectivity index (χ0n) is 19.3. The van der Waals surface area contributed by atoms with Gasteiger partial charge in [0.05, 0.1) is 18.3 Å². The van der Waals surface area contributed by atoms with Gasteiger partial charge in [-0.1, -0.05) is 66.7 Å². The molecule has 1 aliphatic rings. The van der Waals surface area contributed by atoms with E-state index in [9.17, 15) is 4.79 Å². The Morgan fingerprint density at radius 3 is 2.21 bits per heavy atom. The minimum Gasteiger partial charge on any atom is -0.497 e. The highest BCUT2D eigenvalue weighted by Gasteiger charge is 2.35. The fourth-order valence-corrected chi connectivity index (χ4v) is 5.42. The van der Waals surface area contributed by atoms with Crippen molar-refractivity contribution < 1.29 is 9.53 Å². The molecule has 1 heterocycles. The van der Waals surface area contributed by atoms with Gasteiger partial charge in [0.25, 0.3) is 5.91 Å². The molecule has 0 amide bonds. The molecular weight excluding hydrogens is 418 g/mol. The van der Waals surface area contributed by atoms with Crippen LogP contribution in [0.25, 0.3) is 22.2 Å². The van der Waals surface area contributed by atoms with E-state index in [1.165, 1.54) is 27.6 Å². The van der Waals surface area contributed by atoms with Crippen LogP contribution in [0.5, 0.6) is 5.75 Å². The number of carbonyl (C=O) groups is 1. The first-order chi connectivity index (χ1) is 16.7. The molecule has 0 spiro atoms. The Balaban J connectivity index is 1.68. The van der Waals surface area contributed by atoms with Crippen molar-refractivity contribution in [2.24, 2.45) is 0 Å². The number of ether oxygens (including phenoxy) is 1. The zero-order valence-corrected chi connectivity index (χ0v) is 19.3. The van der Waals surface area contributed by atoms with Crippen LogP contribution in [0, 0.1) is 6.92 Å². The van der Waals surface area contributed by atoms with E-state index in [0.29, 0.717) is 5.56 Å². The van der Waals surface area contributed by atoms with E-state index in [1.807, 2.05) is 65.2 Å². The molecule has 0 saturated heterocycles. The number of aromatic nitrogens is 1. The summed E-state index contributed by atoms with van der Waals surface area (Å²) in [5.41, 5.74) is 8.82. The highest BCUT2D eigenvalue weighted by atomic mass is 16.5. The van der Waals surface area contributed by atoms with Crippen molar-refractivity contribution in [3.63, 3.8) is 0 Å². The molecule has 0 fully saturated rings. The molecule has 166 valence electrons. The van der Waals surface area contributed by atoms with Crippen molar-refractivity contribution in [1.29, 1.82) is 0 Å². The van der Waals surface area contributed by atoms with Crippen molar-refractivity contribution in [3.8, 4) is 17.0 Å². The molecule has 1 aliphatic carbocycles. The van der Waals surface area contributed by atoms with E-state index < -0.39 is 0 Å². The summed E-state index contributed by atoms with van der Waals surface area (Å²) in [6, 6.07) is 32.5. The van der Waals surface area contributed by atoms with Crippen molar-refractivity contribution in [2.75, 3.05) is 7.11 Å². The van der Waals surface area contributed by atoms with Crippen LogP contribution in [0.1, 0.15) is 38.5 Å². The predicted octanol–water partition coefficient (Wildman–Crippen LogP) is 7.00. The van der Waals surface area contributed by atoms with Crippen LogP contribution in [-0.4, -0.2) is 17.6 Å². The van der Waals surface area contributed by atoms with Crippen LogP contribution in [0.3, 0.4) is 0 Å². The zero-order chi connectivity index (χ0) is 23.2. The number of hydrogen-bond donors (Lipinski definition) is 0. The van der Waals surface area contributed by atoms with Crippen LogP contribution < -0.4 is 4.74 Å². The second-order valence-electron chi connectivity index (χ2n) is 8.92. The van der Waals surface area contributed by atoms with Gasteiger partial charge < -0.3 is 4.74 Å². The van der Waals surface area contributed by atoms with Crippen LogP contribution in [0.15, 0.2) is 97.1 Å². The number of rotatable bonds is 4. The van der Waals surface area contributed by atoms with Crippen molar-refractivity contribution in [3.05, 3.63) is 125 Å². The number of benzene rings is 4. The molecule has 3 heteroatoms. The second-order valence-corrected chi connectivity index (χ2v) is 8.92. The third-order valence-electron chi connectivity index (χ3n) is 7.06. The second kappa shape index (κ2) is 8.03. The molecule has 0 N–H and O–H groups in total. The average molecular weight is 444 g/mol. The summed E-state index contributed by atoms with van der Waals surface area (Å²) in [6.07, 6.45) is 0.931. The predicted molar refractivity (Wildman–Crippen MR) is 137 cm³/mol. The Bertz CT molecular complexity index is 1510. The van der Waals surface area contributed by atoms with E-state index >= 15 is 0 Å². The summed E-state index contributed by atoms with van der Waals surface area (Å²) in [7, 11) is 1.69. The standard InChI is InChI=1S/C31H25NO2/c1-20-13-18-27-28-25(20)19-26(21-14-16-24(34-2)17-15-21)29(28)30(22-9-5-3-6-10-22)32(27)31(33)23-11-7-4-8-12-23/h3-18,26H,19H2,1-2H3. The van der Waals surface area contributed by atoms with Crippen LogP contribution in [-0.2, 0) is 6.42 Å². The summed E-state index contributed by atoms with van der Waals surface area (Å²) in [4.78, 5) is 14.0. The van der Waals surface area contributed by atoms with Gasteiger partial charge in [0.1, 0.15) is 5.75 Å². The van der Waals surface area contributed by atoms with Gasteiger partial charge in [-0.05, 0) is 71.5 Å². The normalized spacial score (nSPS) is 14.5. The quantitative estimate of drug-likeness (QED) is 0.299. The van der Waals surface area contributed by atoms with Crippen LogP contribution >= 0.6 is 0 Å². The van der Waals surface area contributed by atoms with Crippen LogP contribution in [0.4, 0.5) is 0 Å². The number of hydrogen-bond acceptors (Lipinski definition) is 2. The van der Waals surface area contributed by atoms with Gasteiger partial charge in [-0.15, -0.1) is 0 Å². The molecule has 5 aromatic rings. The van der Waals surface area contributed by atoms with E-state index in [-0.39, 0.29) is 11.8 Å².